The van der Waals surface area contributed by atoms with E-state index in [2.05, 4.69) is 10.4 Å². The van der Waals surface area contributed by atoms with Crippen LogP contribution in [0.5, 0.6) is 5.75 Å². The molecule has 0 unspecified atom stereocenters. The van der Waals surface area contributed by atoms with Gasteiger partial charge in [0.15, 0.2) is 12.4 Å². The molecule has 2 aromatic heterocycles. The van der Waals surface area contributed by atoms with Crippen LogP contribution in [-0.2, 0) is 11.5 Å². The van der Waals surface area contributed by atoms with E-state index in [4.69, 9.17) is 21.1 Å². The fourth-order valence-electron chi connectivity index (χ4n) is 2.29. The third kappa shape index (κ3) is 4.66. The lowest BCUT2D eigenvalue weighted by Crippen LogP contribution is -2.15. The highest BCUT2D eigenvalue weighted by atomic mass is 35.5. The highest BCUT2D eigenvalue weighted by Crippen LogP contribution is 2.28. The van der Waals surface area contributed by atoms with Gasteiger partial charge in [0.2, 0.25) is 0 Å². The molecular formula is C18H16ClN3O4S. The Morgan fingerprint density at radius 2 is 2.11 bits per heavy atom. The molecule has 3 aromatic rings. The number of halogens is 1. The van der Waals surface area contributed by atoms with Crippen molar-refractivity contribution in [2.75, 3.05) is 12.4 Å². The van der Waals surface area contributed by atoms with E-state index in [1.165, 1.54) is 23.1 Å². The molecule has 3 rings (SSSR count). The lowest BCUT2D eigenvalue weighted by Gasteiger charge is -2.06. The summed E-state index contributed by atoms with van der Waals surface area (Å²) in [6.07, 6.45) is 1.63. The summed E-state index contributed by atoms with van der Waals surface area (Å²) in [5.74, 6) is -0.334. The summed E-state index contributed by atoms with van der Waals surface area (Å²) in [6, 6.07) is 10.2. The number of carbonyl (C=O) groups excluding carboxylic acids is 2. The molecular weight excluding hydrogens is 390 g/mol. The second-order valence-electron chi connectivity index (χ2n) is 5.52. The van der Waals surface area contributed by atoms with Crippen LogP contribution in [0.3, 0.4) is 0 Å². The summed E-state index contributed by atoms with van der Waals surface area (Å²) >= 11 is 7.20. The fraction of sp³-hybridized carbons (Fsp3) is 0.167. The average molecular weight is 406 g/mol. The number of methoxy groups -OCH3 is 1. The highest BCUT2D eigenvalue weighted by molar-refractivity contribution is 7.16. The summed E-state index contributed by atoms with van der Waals surface area (Å²) in [6.45, 7) is 1.97. The smallest absolute Gasteiger partial charge is 0.340 e. The first-order chi connectivity index (χ1) is 13.0. The fourth-order valence-corrected chi connectivity index (χ4v) is 3.36. The van der Waals surface area contributed by atoms with E-state index in [0.717, 1.165) is 4.88 Å². The summed E-state index contributed by atoms with van der Waals surface area (Å²) < 4.78 is 11.8. The third-order valence-electron chi connectivity index (χ3n) is 3.52. The van der Waals surface area contributed by atoms with Crippen molar-refractivity contribution in [2.24, 2.45) is 0 Å². The van der Waals surface area contributed by atoms with Gasteiger partial charge in [-0.3, -0.25) is 4.79 Å². The van der Waals surface area contributed by atoms with Crippen molar-refractivity contribution in [1.82, 2.24) is 9.78 Å². The first kappa shape index (κ1) is 18.9. The molecule has 0 aliphatic rings. The van der Waals surface area contributed by atoms with Crippen molar-refractivity contribution in [3.05, 3.63) is 63.8 Å². The SMILES string of the molecule is COC(=O)c1cc(C)sc1NC(=O)c1ccn(COc2cccc(Cl)c2)n1. The van der Waals surface area contributed by atoms with Crippen molar-refractivity contribution in [1.29, 1.82) is 0 Å². The molecule has 0 spiro atoms. The number of nitrogens with zero attached hydrogens (tertiary/aromatic N) is 2. The molecule has 0 aliphatic carbocycles. The second-order valence-corrected chi connectivity index (χ2v) is 7.21. The molecule has 7 nitrogen and oxygen atoms in total. The Balaban J connectivity index is 1.66. The maximum Gasteiger partial charge on any atom is 0.340 e. The number of aromatic nitrogens is 2. The zero-order valence-corrected chi connectivity index (χ0v) is 16.1. The molecule has 0 saturated carbocycles. The predicted molar refractivity (Wildman–Crippen MR) is 103 cm³/mol. The normalized spacial score (nSPS) is 10.5. The van der Waals surface area contributed by atoms with Crippen molar-refractivity contribution in [3.63, 3.8) is 0 Å². The van der Waals surface area contributed by atoms with Crippen molar-refractivity contribution in [2.45, 2.75) is 13.7 Å². The minimum atomic E-state index is -0.505. The van der Waals surface area contributed by atoms with Gasteiger partial charge in [-0.15, -0.1) is 11.3 Å². The minimum Gasteiger partial charge on any atom is -0.471 e. The summed E-state index contributed by atoms with van der Waals surface area (Å²) in [7, 11) is 1.29. The lowest BCUT2D eigenvalue weighted by atomic mass is 10.3. The van der Waals surface area contributed by atoms with Gasteiger partial charge in [0.1, 0.15) is 10.8 Å². The minimum absolute atomic E-state index is 0.124. The number of ether oxygens (including phenoxy) is 2. The van der Waals surface area contributed by atoms with E-state index in [1.807, 2.05) is 6.92 Å². The van der Waals surface area contributed by atoms with Crippen LogP contribution in [0.1, 0.15) is 25.7 Å². The molecule has 1 aromatic carbocycles. The molecule has 0 saturated heterocycles. The number of anilines is 1. The number of esters is 1. The van der Waals surface area contributed by atoms with Crippen LogP contribution in [-0.4, -0.2) is 28.8 Å². The van der Waals surface area contributed by atoms with E-state index in [9.17, 15) is 9.59 Å². The number of rotatable bonds is 6. The standard InChI is InChI=1S/C18H16ClN3O4S/c1-11-8-14(18(24)25-2)17(27-11)20-16(23)15-6-7-22(21-15)10-26-13-5-3-4-12(19)9-13/h3-9H,10H2,1-2H3,(H,20,23). The molecule has 2 heterocycles. The van der Waals surface area contributed by atoms with Crippen molar-refractivity contribution >= 4 is 39.8 Å². The molecule has 0 aliphatic heterocycles. The molecule has 0 fully saturated rings. The molecule has 0 bridgehead atoms. The Kier molecular flexibility index (Phi) is 5.78. The number of thiophene rings is 1. The molecule has 0 atom stereocenters. The van der Waals surface area contributed by atoms with Gasteiger partial charge >= 0.3 is 5.97 Å². The number of amides is 1. The van der Waals surface area contributed by atoms with Crippen LogP contribution in [0, 0.1) is 6.92 Å². The Bertz CT molecular complexity index is 983. The number of hydrogen-bond donors (Lipinski definition) is 1. The number of carbonyl (C=O) groups is 2. The Morgan fingerprint density at radius 1 is 1.30 bits per heavy atom. The first-order valence-corrected chi connectivity index (χ1v) is 9.07. The number of nitrogens with one attached hydrogen (secondary N) is 1. The van der Waals surface area contributed by atoms with Gasteiger partial charge < -0.3 is 14.8 Å². The zero-order valence-electron chi connectivity index (χ0n) is 14.6. The van der Waals surface area contributed by atoms with Crippen LogP contribution >= 0.6 is 22.9 Å². The van der Waals surface area contributed by atoms with E-state index in [0.29, 0.717) is 21.3 Å². The largest absolute Gasteiger partial charge is 0.471 e. The van der Waals surface area contributed by atoms with Gasteiger partial charge in [-0.1, -0.05) is 17.7 Å². The topological polar surface area (TPSA) is 82.5 Å². The van der Waals surface area contributed by atoms with Gasteiger partial charge in [0, 0.05) is 16.1 Å². The zero-order chi connectivity index (χ0) is 19.4. The Hall–Kier alpha value is -2.84. The van der Waals surface area contributed by atoms with Crippen LogP contribution in [0.25, 0.3) is 0 Å². The lowest BCUT2D eigenvalue weighted by molar-refractivity contribution is 0.0602. The van der Waals surface area contributed by atoms with Gasteiger partial charge in [0.25, 0.3) is 5.91 Å². The Labute approximate surface area is 164 Å². The molecule has 1 N–H and O–H groups in total. The molecule has 140 valence electrons. The molecule has 9 heteroatoms. The maximum absolute atomic E-state index is 12.4. The average Bonchev–Trinajstić information content (AvgIpc) is 3.26. The summed E-state index contributed by atoms with van der Waals surface area (Å²) in [5, 5.41) is 7.88. The van der Waals surface area contributed by atoms with Crippen molar-refractivity contribution in [3.8, 4) is 5.75 Å². The second kappa shape index (κ2) is 8.24. The third-order valence-corrected chi connectivity index (χ3v) is 4.72. The number of benzene rings is 1. The van der Waals surface area contributed by atoms with Gasteiger partial charge in [-0.25, -0.2) is 9.48 Å². The van der Waals surface area contributed by atoms with E-state index in [-0.39, 0.29) is 12.4 Å². The van der Waals surface area contributed by atoms with Crippen LogP contribution in [0.2, 0.25) is 5.02 Å². The summed E-state index contributed by atoms with van der Waals surface area (Å²) in [5.41, 5.74) is 0.517. The summed E-state index contributed by atoms with van der Waals surface area (Å²) in [4.78, 5) is 25.1. The molecule has 0 radical (unpaired) electrons. The van der Waals surface area contributed by atoms with E-state index >= 15 is 0 Å². The van der Waals surface area contributed by atoms with E-state index in [1.54, 1.807) is 42.6 Å². The van der Waals surface area contributed by atoms with Gasteiger partial charge in [-0.2, -0.15) is 5.10 Å². The first-order valence-electron chi connectivity index (χ1n) is 7.88. The molecule has 1 amide bonds. The van der Waals surface area contributed by atoms with Crippen molar-refractivity contribution < 1.29 is 19.1 Å². The van der Waals surface area contributed by atoms with Crippen LogP contribution in [0.4, 0.5) is 5.00 Å². The maximum atomic E-state index is 12.4. The number of hydrogen-bond acceptors (Lipinski definition) is 6. The number of aryl methyl sites for hydroxylation is 1. The molecule has 27 heavy (non-hydrogen) atoms. The predicted octanol–water partition coefficient (Wildman–Crippen LogP) is 3.98. The van der Waals surface area contributed by atoms with Crippen LogP contribution < -0.4 is 10.1 Å². The monoisotopic (exact) mass is 405 g/mol. The highest BCUT2D eigenvalue weighted by Gasteiger charge is 2.19. The van der Waals surface area contributed by atoms with Gasteiger partial charge in [0.05, 0.1) is 12.7 Å². The van der Waals surface area contributed by atoms with E-state index < -0.39 is 11.9 Å². The quantitative estimate of drug-likeness (QED) is 0.627. The Morgan fingerprint density at radius 3 is 2.85 bits per heavy atom. The van der Waals surface area contributed by atoms with Gasteiger partial charge in [-0.05, 0) is 37.3 Å². The van der Waals surface area contributed by atoms with Crippen LogP contribution in [0.15, 0.2) is 42.6 Å².